The summed E-state index contributed by atoms with van der Waals surface area (Å²) < 4.78 is 39.1. The number of anilines is 1. The van der Waals surface area contributed by atoms with E-state index in [0.29, 0.717) is 12.8 Å². The lowest BCUT2D eigenvalue weighted by Crippen LogP contribution is -2.25. The molecule has 0 amide bonds. The van der Waals surface area contributed by atoms with Crippen molar-refractivity contribution < 1.29 is 12.8 Å². The molecule has 0 aliphatic rings. The minimum Gasteiger partial charge on any atom is -0.396 e. The highest BCUT2D eigenvalue weighted by molar-refractivity contribution is 7.89. The van der Waals surface area contributed by atoms with E-state index < -0.39 is 15.8 Å². The number of hydrogen-bond acceptors (Lipinski definition) is 3. The molecule has 0 aliphatic heterocycles. The third-order valence-corrected chi connectivity index (χ3v) is 4.06. The second-order valence-electron chi connectivity index (χ2n) is 3.51. The van der Waals surface area contributed by atoms with E-state index in [4.69, 9.17) is 23.8 Å². The molecule has 0 aliphatic carbocycles. The van der Waals surface area contributed by atoms with Crippen LogP contribution in [0.2, 0.25) is 5.02 Å². The molecule has 0 bridgehead atoms. The number of halogens is 2. The number of terminal acetylenes is 1. The fraction of sp³-hybridized carbons (Fsp3) is 0.273. The predicted molar refractivity (Wildman–Crippen MR) is 69.1 cm³/mol. The van der Waals surface area contributed by atoms with Gasteiger partial charge in [-0.3, -0.25) is 0 Å². The topological polar surface area (TPSA) is 72.2 Å². The van der Waals surface area contributed by atoms with Crippen molar-refractivity contribution in [2.24, 2.45) is 0 Å². The Hall–Kier alpha value is -1.29. The molecule has 0 spiro atoms. The van der Waals surface area contributed by atoms with E-state index in [1.165, 1.54) is 0 Å². The number of sulfonamides is 1. The Morgan fingerprint density at radius 1 is 1.50 bits per heavy atom. The SMILES string of the molecule is C#CCCCNS(=O)(=O)c1cc(N)c(F)cc1Cl. The first-order valence-electron chi connectivity index (χ1n) is 5.06. The summed E-state index contributed by atoms with van der Waals surface area (Å²) >= 11 is 5.68. The lowest BCUT2D eigenvalue weighted by Gasteiger charge is -2.09. The van der Waals surface area contributed by atoms with E-state index in [1.807, 2.05) is 0 Å². The molecule has 0 radical (unpaired) electrons. The number of unbranched alkanes of at least 4 members (excludes halogenated alkanes) is 1. The molecule has 3 N–H and O–H groups in total. The summed E-state index contributed by atoms with van der Waals surface area (Å²) in [6.45, 7) is 0.181. The highest BCUT2D eigenvalue weighted by atomic mass is 35.5. The molecule has 18 heavy (non-hydrogen) atoms. The first-order chi connectivity index (χ1) is 8.38. The lowest BCUT2D eigenvalue weighted by atomic mass is 10.3. The van der Waals surface area contributed by atoms with Gasteiger partial charge in [0.15, 0.2) is 0 Å². The van der Waals surface area contributed by atoms with Gasteiger partial charge in [-0.25, -0.2) is 17.5 Å². The monoisotopic (exact) mass is 290 g/mol. The van der Waals surface area contributed by atoms with Gasteiger partial charge in [0, 0.05) is 13.0 Å². The van der Waals surface area contributed by atoms with Crippen molar-refractivity contribution in [3.05, 3.63) is 23.0 Å². The standard InChI is InChI=1S/C11H12ClFN2O2S/c1-2-3-4-5-15-18(16,17)11-7-10(14)9(13)6-8(11)12/h1,6-7,15H,3-5,14H2. The first kappa shape index (κ1) is 14.8. The van der Waals surface area contributed by atoms with Gasteiger partial charge in [-0.2, -0.15) is 0 Å². The predicted octanol–water partition coefficient (Wildman–Crippen LogP) is 1.75. The minimum absolute atomic E-state index is 0.181. The third kappa shape index (κ3) is 3.60. The Labute approximate surface area is 110 Å². The van der Waals surface area contributed by atoms with E-state index in [9.17, 15) is 12.8 Å². The van der Waals surface area contributed by atoms with Gasteiger partial charge in [-0.1, -0.05) is 11.6 Å². The van der Waals surface area contributed by atoms with Crippen LogP contribution in [0, 0.1) is 18.2 Å². The molecule has 0 aromatic heterocycles. The van der Waals surface area contributed by atoms with Gasteiger partial charge in [-0.05, 0) is 18.6 Å². The summed E-state index contributed by atoms with van der Waals surface area (Å²) in [5.74, 6) is 1.63. The smallest absolute Gasteiger partial charge is 0.242 e. The van der Waals surface area contributed by atoms with Crippen molar-refractivity contribution in [3.63, 3.8) is 0 Å². The molecule has 1 aromatic rings. The van der Waals surface area contributed by atoms with Gasteiger partial charge in [0.1, 0.15) is 10.7 Å². The van der Waals surface area contributed by atoms with Crippen molar-refractivity contribution in [2.45, 2.75) is 17.7 Å². The average Bonchev–Trinajstić information content (AvgIpc) is 2.29. The van der Waals surface area contributed by atoms with E-state index in [2.05, 4.69) is 10.6 Å². The maximum atomic E-state index is 13.1. The molecule has 0 heterocycles. The molecule has 0 unspecified atom stereocenters. The molecule has 4 nitrogen and oxygen atoms in total. The van der Waals surface area contributed by atoms with Crippen LogP contribution in [0.4, 0.5) is 10.1 Å². The van der Waals surface area contributed by atoms with Crippen molar-refractivity contribution in [1.29, 1.82) is 0 Å². The van der Waals surface area contributed by atoms with Crippen LogP contribution < -0.4 is 10.5 Å². The van der Waals surface area contributed by atoms with E-state index in [0.717, 1.165) is 12.1 Å². The summed E-state index contributed by atoms with van der Waals surface area (Å²) in [6, 6.07) is 1.86. The number of nitrogens with one attached hydrogen (secondary N) is 1. The van der Waals surface area contributed by atoms with Crippen molar-refractivity contribution >= 4 is 27.3 Å². The highest BCUT2D eigenvalue weighted by Gasteiger charge is 2.19. The van der Waals surface area contributed by atoms with Gasteiger partial charge < -0.3 is 5.73 Å². The van der Waals surface area contributed by atoms with E-state index in [-0.39, 0.29) is 22.2 Å². The average molecular weight is 291 g/mol. The molecule has 0 fully saturated rings. The molecule has 0 saturated carbocycles. The zero-order chi connectivity index (χ0) is 13.8. The van der Waals surface area contributed by atoms with Crippen LogP contribution in [0.3, 0.4) is 0 Å². The van der Waals surface area contributed by atoms with Crippen LogP contribution in [0.15, 0.2) is 17.0 Å². The highest BCUT2D eigenvalue weighted by Crippen LogP contribution is 2.26. The number of nitrogens with two attached hydrogens (primary N) is 1. The number of hydrogen-bond donors (Lipinski definition) is 2. The van der Waals surface area contributed by atoms with Gasteiger partial charge in [0.05, 0.1) is 10.7 Å². The fourth-order valence-electron chi connectivity index (χ4n) is 1.23. The molecule has 0 saturated heterocycles. The normalized spacial score (nSPS) is 11.2. The summed E-state index contributed by atoms with van der Waals surface area (Å²) in [5.41, 5.74) is 5.04. The molecule has 0 atom stereocenters. The van der Waals surface area contributed by atoms with E-state index >= 15 is 0 Å². The Morgan fingerprint density at radius 3 is 2.78 bits per heavy atom. The molecular weight excluding hydrogens is 279 g/mol. The molecular formula is C11H12ClFN2O2S. The summed E-state index contributed by atoms with van der Waals surface area (Å²) in [4.78, 5) is -0.247. The number of benzene rings is 1. The molecule has 7 heteroatoms. The number of nitrogen functional groups attached to an aromatic ring is 1. The maximum absolute atomic E-state index is 13.1. The lowest BCUT2D eigenvalue weighted by molar-refractivity contribution is 0.579. The zero-order valence-corrected chi connectivity index (χ0v) is 11.0. The molecule has 1 rings (SSSR count). The summed E-state index contributed by atoms with van der Waals surface area (Å²) in [5, 5.41) is -0.217. The van der Waals surface area contributed by atoms with Crippen LogP contribution >= 0.6 is 11.6 Å². The van der Waals surface area contributed by atoms with Crippen molar-refractivity contribution in [2.75, 3.05) is 12.3 Å². The second kappa shape index (κ2) is 6.05. The van der Waals surface area contributed by atoms with Gasteiger partial charge in [0.2, 0.25) is 10.0 Å². The second-order valence-corrected chi connectivity index (χ2v) is 5.65. The van der Waals surface area contributed by atoms with Crippen molar-refractivity contribution in [1.82, 2.24) is 4.72 Å². The first-order valence-corrected chi connectivity index (χ1v) is 6.92. The Balaban J connectivity index is 2.92. The minimum atomic E-state index is -3.81. The molecule has 98 valence electrons. The van der Waals surface area contributed by atoms with Gasteiger partial charge in [0.25, 0.3) is 0 Å². The van der Waals surface area contributed by atoms with Gasteiger partial charge >= 0.3 is 0 Å². The quantitative estimate of drug-likeness (QED) is 0.493. The zero-order valence-electron chi connectivity index (χ0n) is 9.41. The number of rotatable bonds is 5. The Kier molecular flexibility index (Phi) is 4.96. The largest absolute Gasteiger partial charge is 0.396 e. The molecule has 1 aromatic carbocycles. The fourth-order valence-corrected chi connectivity index (χ4v) is 2.85. The summed E-state index contributed by atoms with van der Waals surface area (Å²) in [6.07, 6.45) is 6.01. The maximum Gasteiger partial charge on any atom is 0.242 e. The third-order valence-electron chi connectivity index (χ3n) is 2.13. The Bertz CT molecular complexity index is 581. The van der Waals surface area contributed by atoms with Crippen LogP contribution in [0.1, 0.15) is 12.8 Å². The van der Waals surface area contributed by atoms with Crippen LogP contribution in [0.5, 0.6) is 0 Å². The van der Waals surface area contributed by atoms with Crippen LogP contribution in [-0.2, 0) is 10.0 Å². The van der Waals surface area contributed by atoms with Gasteiger partial charge in [-0.15, -0.1) is 12.3 Å². The van der Waals surface area contributed by atoms with Crippen LogP contribution in [0.25, 0.3) is 0 Å². The Morgan fingerprint density at radius 2 is 2.17 bits per heavy atom. The van der Waals surface area contributed by atoms with Crippen molar-refractivity contribution in [3.8, 4) is 12.3 Å². The summed E-state index contributed by atoms with van der Waals surface area (Å²) in [7, 11) is -3.81. The van der Waals surface area contributed by atoms with E-state index in [1.54, 1.807) is 0 Å². The van der Waals surface area contributed by atoms with Crippen LogP contribution in [-0.4, -0.2) is 15.0 Å².